The van der Waals surface area contributed by atoms with Gasteiger partial charge < -0.3 is 4.74 Å². The average Bonchev–Trinajstić information content (AvgIpc) is 3.05. The minimum Gasteiger partial charge on any atom is -0.497 e. The Hall–Kier alpha value is -2.62. The van der Waals surface area contributed by atoms with Gasteiger partial charge in [-0.05, 0) is 24.1 Å². The van der Waals surface area contributed by atoms with Gasteiger partial charge in [0.1, 0.15) is 11.4 Å². The summed E-state index contributed by atoms with van der Waals surface area (Å²) in [4.78, 5) is 0. The first-order chi connectivity index (χ1) is 10.3. The third kappa shape index (κ3) is 2.79. The molecule has 0 N–H and O–H groups in total. The molecule has 0 aliphatic rings. The Balaban J connectivity index is 1.91. The van der Waals surface area contributed by atoms with Crippen LogP contribution in [0.15, 0.2) is 54.7 Å². The van der Waals surface area contributed by atoms with Crippen molar-refractivity contribution in [1.82, 2.24) is 15.0 Å². The number of rotatable bonds is 4. The van der Waals surface area contributed by atoms with Gasteiger partial charge >= 0.3 is 0 Å². The average molecular weight is 279 g/mol. The highest BCUT2D eigenvalue weighted by atomic mass is 16.5. The van der Waals surface area contributed by atoms with Gasteiger partial charge in [0.05, 0.1) is 19.0 Å². The largest absolute Gasteiger partial charge is 0.497 e. The first-order valence-corrected chi connectivity index (χ1v) is 6.96. The van der Waals surface area contributed by atoms with Gasteiger partial charge in [-0.15, -0.1) is 5.10 Å². The molecule has 0 aliphatic carbocycles. The lowest BCUT2D eigenvalue weighted by Gasteiger charge is -2.03. The van der Waals surface area contributed by atoms with E-state index in [1.54, 1.807) is 11.8 Å². The molecule has 3 aromatic rings. The van der Waals surface area contributed by atoms with Crippen molar-refractivity contribution in [3.05, 3.63) is 60.3 Å². The first-order valence-electron chi connectivity index (χ1n) is 6.96. The maximum Gasteiger partial charge on any atom is 0.121 e. The zero-order valence-electron chi connectivity index (χ0n) is 12.2. The van der Waals surface area contributed by atoms with Crippen LogP contribution in [0.5, 0.6) is 5.75 Å². The summed E-state index contributed by atoms with van der Waals surface area (Å²) in [5.41, 5.74) is 4.18. The summed E-state index contributed by atoms with van der Waals surface area (Å²) < 4.78 is 6.99. The lowest BCUT2D eigenvalue weighted by atomic mass is 10.1. The number of ether oxygens (including phenoxy) is 1. The molecule has 1 heterocycles. The summed E-state index contributed by atoms with van der Waals surface area (Å²) in [7, 11) is 1.65. The second kappa shape index (κ2) is 5.79. The van der Waals surface area contributed by atoms with E-state index in [2.05, 4.69) is 41.5 Å². The molecule has 0 amide bonds. The second-order valence-electron chi connectivity index (χ2n) is 4.80. The smallest absolute Gasteiger partial charge is 0.121 e. The van der Waals surface area contributed by atoms with E-state index >= 15 is 0 Å². The van der Waals surface area contributed by atoms with Gasteiger partial charge in [-0.1, -0.05) is 42.5 Å². The van der Waals surface area contributed by atoms with Crippen molar-refractivity contribution in [2.24, 2.45) is 0 Å². The molecule has 2 aromatic carbocycles. The Kier molecular flexibility index (Phi) is 3.69. The van der Waals surface area contributed by atoms with Crippen LogP contribution < -0.4 is 4.74 Å². The van der Waals surface area contributed by atoms with Crippen molar-refractivity contribution >= 4 is 0 Å². The Morgan fingerprint density at radius 1 is 1.10 bits per heavy atom. The third-order valence-electron chi connectivity index (χ3n) is 3.47. The van der Waals surface area contributed by atoms with Crippen LogP contribution in [0.4, 0.5) is 0 Å². The molecule has 21 heavy (non-hydrogen) atoms. The van der Waals surface area contributed by atoms with E-state index in [-0.39, 0.29) is 0 Å². The zero-order valence-corrected chi connectivity index (χ0v) is 12.2. The van der Waals surface area contributed by atoms with Gasteiger partial charge in [0.25, 0.3) is 0 Å². The molecule has 0 unspecified atom stereocenters. The van der Waals surface area contributed by atoms with Crippen LogP contribution in [0.1, 0.15) is 12.5 Å². The summed E-state index contributed by atoms with van der Waals surface area (Å²) in [6, 6.07) is 16.2. The highest BCUT2D eigenvalue weighted by Gasteiger charge is 2.06. The predicted molar refractivity (Wildman–Crippen MR) is 82.7 cm³/mol. The van der Waals surface area contributed by atoms with Crippen LogP contribution in [0.25, 0.3) is 16.9 Å². The molecule has 3 rings (SSSR count). The summed E-state index contributed by atoms with van der Waals surface area (Å²) in [5, 5.41) is 8.44. The van der Waals surface area contributed by atoms with Crippen molar-refractivity contribution in [2.75, 3.05) is 7.11 Å². The first kappa shape index (κ1) is 13.4. The molecule has 0 spiro atoms. The molecule has 0 saturated carbocycles. The quantitative estimate of drug-likeness (QED) is 0.733. The molecule has 1 aromatic heterocycles. The fourth-order valence-electron chi connectivity index (χ4n) is 2.19. The van der Waals surface area contributed by atoms with E-state index in [0.717, 1.165) is 29.1 Å². The fraction of sp³-hybridized carbons (Fsp3) is 0.176. The van der Waals surface area contributed by atoms with Gasteiger partial charge in [-0.25, -0.2) is 4.68 Å². The minimum atomic E-state index is 0.803. The van der Waals surface area contributed by atoms with Crippen molar-refractivity contribution < 1.29 is 4.74 Å². The molecule has 4 nitrogen and oxygen atoms in total. The molecule has 0 radical (unpaired) electrons. The summed E-state index contributed by atoms with van der Waals surface area (Å²) in [6.07, 6.45) is 2.96. The summed E-state index contributed by atoms with van der Waals surface area (Å²) in [6.45, 7) is 2.15. The standard InChI is InChI=1S/C17H17N3O/c1-3-13-7-9-14(10-8-13)17-12-20(19-18-17)15-5-4-6-16(11-15)21-2/h4-12H,3H2,1-2H3. The van der Waals surface area contributed by atoms with E-state index in [0.29, 0.717) is 0 Å². The fourth-order valence-corrected chi connectivity index (χ4v) is 2.19. The number of hydrogen-bond acceptors (Lipinski definition) is 3. The summed E-state index contributed by atoms with van der Waals surface area (Å²) in [5.74, 6) is 0.803. The number of benzene rings is 2. The Morgan fingerprint density at radius 3 is 2.62 bits per heavy atom. The lowest BCUT2D eigenvalue weighted by molar-refractivity contribution is 0.414. The molecular formula is C17H17N3O. The van der Waals surface area contributed by atoms with Crippen molar-refractivity contribution in [3.8, 4) is 22.7 Å². The second-order valence-corrected chi connectivity index (χ2v) is 4.80. The van der Waals surface area contributed by atoms with Crippen LogP contribution in [0, 0.1) is 0 Å². The zero-order chi connectivity index (χ0) is 14.7. The Morgan fingerprint density at radius 2 is 1.90 bits per heavy atom. The van der Waals surface area contributed by atoms with Gasteiger partial charge in [0, 0.05) is 11.6 Å². The van der Waals surface area contributed by atoms with Gasteiger partial charge in [-0.2, -0.15) is 0 Å². The lowest BCUT2D eigenvalue weighted by Crippen LogP contribution is -1.95. The van der Waals surface area contributed by atoms with Crippen molar-refractivity contribution in [2.45, 2.75) is 13.3 Å². The molecule has 0 atom stereocenters. The SMILES string of the molecule is CCc1ccc(-c2cn(-c3cccc(OC)c3)nn2)cc1. The highest BCUT2D eigenvalue weighted by molar-refractivity contribution is 5.58. The van der Waals surface area contributed by atoms with Crippen molar-refractivity contribution in [3.63, 3.8) is 0 Å². The number of aromatic nitrogens is 3. The monoisotopic (exact) mass is 279 g/mol. The normalized spacial score (nSPS) is 10.6. The van der Waals surface area contributed by atoms with E-state index in [1.165, 1.54) is 5.56 Å². The minimum absolute atomic E-state index is 0.803. The van der Waals surface area contributed by atoms with Gasteiger partial charge in [-0.3, -0.25) is 0 Å². The maximum atomic E-state index is 5.23. The number of aryl methyl sites for hydroxylation is 1. The molecular weight excluding hydrogens is 262 g/mol. The van der Waals surface area contributed by atoms with E-state index < -0.39 is 0 Å². The molecule has 0 saturated heterocycles. The number of nitrogens with zero attached hydrogens (tertiary/aromatic N) is 3. The molecule has 0 bridgehead atoms. The molecule has 0 aliphatic heterocycles. The Labute approximate surface area is 124 Å². The van der Waals surface area contributed by atoms with Crippen LogP contribution >= 0.6 is 0 Å². The van der Waals surface area contributed by atoms with Crippen LogP contribution in [0.2, 0.25) is 0 Å². The molecule has 0 fully saturated rings. The topological polar surface area (TPSA) is 39.9 Å². The number of hydrogen-bond donors (Lipinski definition) is 0. The summed E-state index contributed by atoms with van der Waals surface area (Å²) >= 11 is 0. The van der Waals surface area contributed by atoms with Crippen molar-refractivity contribution in [1.29, 1.82) is 0 Å². The van der Waals surface area contributed by atoms with Crippen LogP contribution in [-0.4, -0.2) is 22.1 Å². The molecule has 106 valence electrons. The maximum absolute atomic E-state index is 5.23. The van der Waals surface area contributed by atoms with Gasteiger partial charge in [0.15, 0.2) is 0 Å². The van der Waals surface area contributed by atoms with Crippen LogP contribution in [0.3, 0.4) is 0 Å². The van der Waals surface area contributed by atoms with Crippen LogP contribution in [-0.2, 0) is 6.42 Å². The van der Waals surface area contributed by atoms with E-state index in [1.807, 2.05) is 30.5 Å². The highest BCUT2D eigenvalue weighted by Crippen LogP contribution is 2.20. The van der Waals surface area contributed by atoms with E-state index in [4.69, 9.17) is 4.74 Å². The number of methoxy groups -OCH3 is 1. The predicted octanol–water partition coefficient (Wildman–Crippen LogP) is 3.51. The van der Waals surface area contributed by atoms with E-state index in [9.17, 15) is 0 Å². The van der Waals surface area contributed by atoms with Gasteiger partial charge in [0.2, 0.25) is 0 Å². The molecule has 4 heteroatoms. The Bertz CT molecular complexity index is 732. The third-order valence-corrected chi connectivity index (χ3v) is 3.47.